The molecule has 0 aliphatic heterocycles. The first-order valence-corrected chi connectivity index (χ1v) is 8.10. The number of aromatic nitrogens is 2. The molecular weight excluding hydrogens is 334 g/mol. The van der Waals surface area contributed by atoms with Crippen molar-refractivity contribution in [2.45, 2.75) is 13.8 Å². The third-order valence-corrected chi connectivity index (χ3v) is 5.34. The van der Waals surface area contributed by atoms with Crippen molar-refractivity contribution >= 4 is 44.7 Å². The monoisotopic (exact) mass is 347 g/mol. The van der Waals surface area contributed by atoms with Gasteiger partial charge in [-0.15, -0.1) is 11.3 Å². The van der Waals surface area contributed by atoms with Gasteiger partial charge in [0.05, 0.1) is 16.6 Å². The number of carbonyl (C=O) groups is 1. The summed E-state index contributed by atoms with van der Waals surface area (Å²) in [4.78, 5) is 30.1. The molecule has 23 heavy (non-hydrogen) atoms. The van der Waals surface area contributed by atoms with Gasteiger partial charge in [0, 0.05) is 17.8 Å². The first kappa shape index (κ1) is 15.7. The maximum Gasteiger partial charge on any atom is 0.266 e. The first-order chi connectivity index (χ1) is 10.9. The molecule has 1 aromatic carbocycles. The van der Waals surface area contributed by atoms with Crippen LogP contribution in [0.25, 0.3) is 10.2 Å². The lowest BCUT2D eigenvalue weighted by atomic mass is 10.1. The van der Waals surface area contributed by atoms with Crippen molar-refractivity contribution in [3.63, 3.8) is 0 Å². The number of fused-ring (bicyclic) bond motifs is 1. The van der Waals surface area contributed by atoms with Crippen LogP contribution in [0.4, 0.5) is 5.69 Å². The Balaban J connectivity index is 2.05. The molecule has 3 aromatic rings. The quantitative estimate of drug-likeness (QED) is 0.771. The average Bonchev–Trinajstić information content (AvgIpc) is 2.85. The number of benzene rings is 1. The van der Waals surface area contributed by atoms with Crippen LogP contribution in [0.1, 0.15) is 20.8 Å². The minimum Gasteiger partial charge on any atom is -0.321 e. The van der Waals surface area contributed by atoms with E-state index in [-0.39, 0.29) is 11.5 Å². The second-order valence-electron chi connectivity index (χ2n) is 5.26. The van der Waals surface area contributed by atoms with Crippen LogP contribution in [-0.4, -0.2) is 15.5 Å². The minimum atomic E-state index is -0.266. The van der Waals surface area contributed by atoms with E-state index in [9.17, 15) is 9.59 Å². The van der Waals surface area contributed by atoms with Crippen LogP contribution >= 0.6 is 22.9 Å². The number of rotatable bonds is 2. The van der Waals surface area contributed by atoms with Crippen molar-refractivity contribution in [3.8, 4) is 0 Å². The van der Waals surface area contributed by atoms with Gasteiger partial charge in [0.25, 0.3) is 11.5 Å². The third-order valence-electron chi connectivity index (χ3n) is 3.73. The van der Waals surface area contributed by atoms with Crippen LogP contribution in [0.15, 0.2) is 29.3 Å². The summed E-state index contributed by atoms with van der Waals surface area (Å²) in [5.74, 6) is -0.266. The molecule has 2 aromatic heterocycles. The zero-order valence-electron chi connectivity index (χ0n) is 12.8. The summed E-state index contributed by atoms with van der Waals surface area (Å²) in [5, 5.41) is 3.94. The molecule has 2 heterocycles. The van der Waals surface area contributed by atoms with Crippen LogP contribution < -0.4 is 10.9 Å². The summed E-state index contributed by atoms with van der Waals surface area (Å²) < 4.78 is 1.41. The van der Waals surface area contributed by atoms with Gasteiger partial charge in [-0.2, -0.15) is 0 Å². The van der Waals surface area contributed by atoms with Gasteiger partial charge in [0.2, 0.25) is 0 Å². The predicted octanol–water partition coefficient (Wildman–Crippen LogP) is 3.52. The zero-order chi connectivity index (χ0) is 16.7. The van der Waals surface area contributed by atoms with Gasteiger partial charge >= 0.3 is 0 Å². The number of carbonyl (C=O) groups excluding carboxylic acids is 1. The molecule has 0 radical (unpaired) electrons. The van der Waals surface area contributed by atoms with Crippen molar-refractivity contribution in [2.24, 2.45) is 7.05 Å². The molecule has 0 saturated heterocycles. The van der Waals surface area contributed by atoms with Gasteiger partial charge in [-0.1, -0.05) is 17.7 Å². The van der Waals surface area contributed by atoms with Crippen LogP contribution in [0.5, 0.6) is 0 Å². The zero-order valence-corrected chi connectivity index (χ0v) is 14.4. The van der Waals surface area contributed by atoms with Gasteiger partial charge in [-0.3, -0.25) is 9.59 Å². The summed E-state index contributed by atoms with van der Waals surface area (Å²) in [6, 6.07) is 5.34. The molecule has 5 nitrogen and oxygen atoms in total. The van der Waals surface area contributed by atoms with Gasteiger partial charge < -0.3 is 9.88 Å². The maximum atomic E-state index is 12.6. The SMILES string of the molecule is Cc1c(Cl)cccc1NC(=O)c1sc2ncn(C)c(=O)c2c1C. The third kappa shape index (κ3) is 2.64. The molecule has 0 atom stereocenters. The summed E-state index contributed by atoms with van der Waals surface area (Å²) >= 11 is 7.29. The lowest BCUT2D eigenvalue weighted by Crippen LogP contribution is -2.17. The minimum absolute atomic E-state index is 0.151. The summed E-state index contributed by atoms with van der Waals surface area (Å²) in [7, 11) is 1.64. The van der Waals surface area contributed by atoms with E-state index in [0.29, 0.717) is 31.4 Å². The van der Waals surface area contributed by atoms with E-state index in [4.69, 9.17) is 11.6 Å². The molecule has 0 aliphatic carbocycles. The Kier molecular flexibility index (Phi) is 3.95. The molecule has 0 bridgehead atoms. The van der Waals surface area contributed by atoms with E-state index in [2.05, 4.69) is 10.3 Å². The standard InChI is InChI=1S/C16H14ClN3O2S/c1-8-10(17)5-4-6-11(8)19-14(21)13-9(2)12-15(23-13)18-7-20(3)16(12)22/h4-7H,1-3H3,(H,19,21). The van der Waals surface area contributed by atoms with Crippen molar-refractivity contribution in [3.05, 3.63) is 55.9 Å². The van der Waals surface area contributed by atoms with Crippen molar-refractivity contribution in [2.75, 3.05) is 5.32 Å². The van der Waals surface area contributed by atoms with Crippen LogP contribution in [0.2, 0.25) is 5.02 Å². The molecule has 7 heteroatoms. The summed E-state index contributed by atoms with van der Waals surface area (Å²) in [6.07, 6.45) is 1.46. The molecule has 1 amide bonds. The highest BCUT2D eigenvalue weighted by Gasteiger charge is 2.19. The van der Waals surface area contributed by atoms with Crippen LogP contribution in [0, 0.1) is 13.8 Å². The number of thiophene rings is 1. The van der Waals surface area contributed by atoms with Gasteiger partial charge in [-0.05, 0) is 37.1 Å². The molecular formula is C16H14ClN3O2S. The molecule has 1 N–H and O–H groups in total. The van der Waals surface area contributed by atoms with Gasteiger partial charge in [0.1, 0.15) is 4.83 Å². The number of nitrogens with one attached hydrogen (secondary N) is 1. The van der Waals surface area contributed by atoms with Crippen LogP contribution in [-0.2, 0) is 7.05 Å². The fraction of sp³-hybridized carbons (Fsp3) is 0.188. The lowest BCUT2D eigenvalue weighted by Gasteiger charge is -2.08. The number of nitrogens with zero attached hydrogens (tertiary/aromatic N) is 2. The second kappa shape index (κ2) is 5.79. The topological polar surface area (TPSA) is 64.0 Å². The average molecular weight is 348 g/mol. The number of aryl methyl sites for hydroxylation is 2. The summed E-state index contributed by atoms with van der Waals surface area (Å²) in [5.41, 5.74) is 1.95. The van der Waals surface area contributed by atoms with E-state index in [1.165, 1.54) is 22.2 Å². The van der Waals surface area contributed by atoms with Crippen LogP contribution in [0.3, 0.4) is 0 Å². The maximum absolute atomic E-state index is 12.6. The van der Waals surface area contributed by atoms with E-state index in [1.807, 2.05) is 6.92 Å². The van der Waals surface area contributed by atoms with Crippen molar-refractivity contribution in [1.29, 1.82) is 0 Å². The second-order valence-corrected chi connectivity index (χ2v) is 6.67. The molecule has 118 valence electrons. The number of amides is 1. The number of hydrogen-bond donors (Lipinski definition) is 1. The van der Waals surface area contributed by atoms with E-state index in [0.717, 1.165) is 5.56 Å². The Morgan fingerprint density at radius 2 is 2.04 bits per heavy atom. The fourth-order valence-corrected chi connectivity index (χ4v) is 3.56. The summed E-state index contributed by atoms with van der Waals surface area (Å²) in [6.45, 7) is 3.61. The van der Waals surface area contributed by atoms with E-state index < -0.39 is 0 Å². The van der Waals surface area contributed by atoms with Crippen molar-refractivity contribution in [1.82, 2.24) is 9.55 Å². The Bertz CT molecular complexity index is 991. The van der Waals surface area contributed by atoms with E-state index in [1.54, 1.807) is 32.2 Å². The predicted molar refractivity (Wildman–Crippen MR) is 93.7 cm³/mol. The Labute approximate surface area is 141 Å². The normalized spacial score (nSPS) is 11.0. The first-order valence-electron chi connectivity index (χ1n) is 6.91. The highest BCUT2D eigenvalue weighted by molar-refractivity contribution is 7.20. The Morgan fingerprint density at radius 3 is 2.78 bits per heavy atom. The highest BCUT2D eigenvalue weighted by atomic mass is 35.5. The molecule has 0 aliphatic rings. The number of anilines is 1. The van der Waals surface area contributed by atoms with Gasteiger partial charge in [0.15, 0.2) is 0 Å². The number of halogens is 1. The largest absolute Gasteiger partial charge is 0.321 e. The number of hydrogen-bond acceptors (Lipinski definition) is 4. The van der Waals surface area contributed by atoms with Crippen molar-refractivity contribution < 1.29 is 4.79 Å². The van der Waals surface area contributed by atoms with Gasteiger partial charge in [-0.25, -0.2) is 4.98 Å². The molecule has 0 saturated carbocycles. The molecule has 3 rings (SSSR count). The fourth-order valence-electron chi connectivity index (χ4n) is 2.35. The molecule has 0 unspecified atom stereocenters. The Morgan fingerprint density at radius 1 is 1.30 bits per heavy atom. The smallest absolute Gasteiger partial charge is 0.266 e. The van der Waals surface area contributed by atoms with E-state index >= 15 is 0 Å². The molecule has 0 spiro atoms. The Hall–Kier alpha value is -2.18. The molecule has 0 fully saturated rings. The highest BCUT2D eigenvalue weighted by Crippen LogP contribution is 2.29. The lowest BCUT2D eigenvalue weighted by molar-refractivity contribution is 0.103.